The standard InChI is InChI=1S/C14H19NO3S/c1-3-12(8-13(16)17)15-14(18)11-6-4-10(5-7-11)9-19-2/h4-7,12H,3,8-9H2,1-2H3,(H,15,18)(H,16,17). The second-order valence-corrected chi connectivity index (χ2v) is 5.17. The number of carbonyl (C=O) groups is 2. The fourth-order valence-electron chi connectivity index (χ4n) is 1.70. The highest BCUT2D eigenvalue weighted by Crippen LogP contribution is 2.11. The van der Waals surface area contributed by atoms with Crippen molar-refractivity contribution in [3.05, 3.63) is 35.4 Å². The monoisotopic (exact) mass is 281 g/mol. The van der Waals surface area contributed by atoms with E-state index < -0.39 is 5.97 Å². The van der Waals surface area contributed by atoms with E-state index in [9.17, 15) is 9.59 Å². The first-order chi connectivity index (χ1) is 9.06. The maximum absolute atomic E-state index is 12.0. The number of nitrogens with one attached hydrogen (secondary N) is 1. The summed E-state index contributed by atoms with van der Waals surface area (Å²) in [7, 11) is 0. The van der Waals surface area contributed by atoms with Gasteiger partial charge in [0.15, 0.2) is 0 Å². The van der Waals surface area contributed by atoms with Crippen molar-refractivity contribution in [1.82, 2.24) is 5.32 Å². The van der Waals surface area contributed by atoms with Crippen molar-refractivity contribution in [2.75, 3.05) is 6.26 Å². The van der Waals surface area contributed by atoms with Crippen molar-refractivity contribution in [2.45, 2.75) is 31.6 Å². The van der Waals surface area contributed by atoms with Crippen LogP contribution < -0.4 is 5.32 Å². The minimum Gasteiger partial charge on any atom is -0.481 e. The Morgan fingerprint density at radius 3 is 2.42 bits per heavy atom. The van der Waals surface area contributed by atoms with Gasteiger partial charge < -0.3 is 10.4 Å². The fourth-order valence-corrected chi connectivity index (χ4v) is 2.22. The number of rotatable bonds is 7. The number of benzene rings is 1. The van der Waals surface area contributed by atoms with E-state index in [1.807, 2.05) is 25.3 Å². The predicted molar refractivity (Wildman–Crippen MR) is 77.5 cm³/mol. The van der Waals surface area contributed by atoms with Crippen LogP contribution in [0, 0.1) is 0 Å². The Labute approximate surface area is 117 Å². The topological polar surface area (TPSA) is 66.4 Å². The fraction of sp³-hybridized carbons (Fsp3) is 0.429. The summed E-state index contributed by atoms with van der Waals surface area (Å²) >= 11 is 1.72. The molecule has 0 saturated heterocycles. The molecule has 0 saturated carbocycles. The Kier molecular flexibility index (Phi) is 6.42. The third-order valence-electron chi connectivity index (χ3n) is 2.78. The van der Waals surface area contributed by atoms with E-state index in [1.165, 1.54) is 5.56 Å². The molecule has 0 aliphatic heterocycles. The predicted octanol–water partition coefficient (Wildman–Crippen LogP) is 2.53. The van der Waals surface area contributed by atoms with Gasteiger partial charge in [-0.1, -0.05) is 19.1 Å². The zero-order chi connectivity index (χ0) is 14.3. The molecule has 0 aliphatic rings. The van der Waals surface area contributed by atoms with Crippen LogP contribution in [-0.2, 0) is 10.5 Å². The molecule has 1 atom stereocenters. The molecule has 1 amide bonds. The average Bonchev–Trinajstić information content (AvgIpc) is 2.38. The number of aliphatic carboxylic acids is 1. The molecule has 0 aliphatic carbocycles. The van der Waals surface area contributed by atoms with Crippen LogP contribution in [0.2, 0.25) is 0 Å². The lowest BCUT2D eigenvalue weighted by Gasteiger charge is -2.14. The largest absolute Gasteiger partial charge is 0.481 e. The highest BCUT2D eigenvalue weighted by Gasteiger charge is 2.15. The van der Waals surface area contributed by atoms with Crippen LogP contribution in [0.1, 0.15) is 35.7 Å². The minimum atomic E-state index is -0.900. The van der Waals surface area contributed by atoms with Crippen LogP contribution in [0.15, 0.2) is 24.3 Å². The van der Waals surface area contributed by atoms with Gasteiger partial charge in [0, 0.05) is 17.4 Å². The molecule has 2 N–H and O–H groups in total. The lowest BCUT2D eigenvalue weighted by atomic mass is 10.1. The van der Waals surface area contributed by atoms with Gasteiger partial charge in [-0.2, -0.15) is 11.8 Å². The number of carbonyl (C=O) groups excluding carboxylic acids is 1. The summed E-state index contributed by atoms with van der Waals surface area (Å²) in [5.74, 6) is -0.204. The van der Waals surface area contributed by atoms with E-state index in [2.05, 4.69) is 5.32 Å². The number of carboxylic acids is 1. The lowest BCUT2D eigenvalue weighted by molar-refractivity contribution is -0.137. The summed E-state index contributed by atoms with van der Waals surface area (Å²) in [4.78, 5) is 22.6. The Balaban J connectivity index is 2.63. The summed E-state index contributed by atoms with van der Waals surface area (Å²) in [5.41, 5.74) is 1.73. The molecule has 0 bridgehead atoms. The molecule has 5 heteroatoms. The highest BCUT2D eigenvalue weighted by molar-refractivity contribution is 7.97. The molecule has 4 nitrogen and oxygen atoms in total. The summed E-state index contributed by atoms with van der Waals surface area (Å²) in [6.45, 7) is 1.86. The molecule has 104 valence electrons. The molecule has 0 fully saturated rings. The zero-order valence-electron chi connectivity index (χ0n) is 11.2. The third kappa shape index (κ3) is 5.34. The van der Waals surface area contributed by atoms with Crippen molar-refractivity contribution in [2.24, 2.45) is 0 Å². The molecular formula is C14H19NO3S. The normalized spacial score (nSPS) is 11.9. The summed E-state index contributed by atoms with van der Waals surface area (Å²) in [6, 6.07) is 7.06. The molecule has 0 heterocycles. The summed E-state index contributed by atoms with van der Waals surface area (Å²) < 4.78 is 0. The van der Waals surface area contributed by atoms with Gasteiger partial charge in [-0.05, 0) is 30.4 Å². The van der Waals surface area contributed by atoms with Crippen LogP contribution in [0.25, 0.3) is 0 Å². The van der Waals surface area contributed by atoms with Gasteiger partial charge >= 0.3 is 5.97 Å². The molecule has 19 heavy (non-hydrogen) atoms. The van der Waals surface area contributed by atoms with Crippen molar-refractivity contribution in [1.29, 1.82) is 0 Å². The van der Waals surface area contributed by atoms with Crippen molar-refractivity contribution in [3.8, 4) is 0 Å². The van der Waals surface area contributed by atoms with Gasteiger partial charge in [-0.3, -0.25) is 9.59 Å². The van der Waals surface area contributed by atoms with Crippen molar-refractivity contribution in [3.63, 3.8) is 0 Å². The zero-order valence-corrected chi connectivity index (χ0v) is 12.0. The first-order valence-corrected chi connectivity index (χ1v) is 7.56. The maximum Gasteiger partial charge on any atom is 0.305 e. The maximum atomic E-state index is 12.0. The van der Waals surface area contributed by atoms with Crippen molar-refractivity contribution >= 4 is 23.6 Å². The Morgan fingerprint density at radius 2 is 1.95 bits per heavy atom. The van der Waals surface area contributed by atoms with Gasteiger partial charge in [-0.15, -0.1) is 0 Å². The number of amides is 1. The number of carboxylic acid groups (broad SMARTS) is 1. The van der Waals surface area contributed by atoms with Crippen LogP contribution in [0.3, 0.4) is 0 Å². The first kappa shape index (κ1) is 15.6. The molecule has 0 spiro atoms. The van der Waals surface area contributed by atoms with E-state index >= 15 is 0 Å². The van der Waals surface area contributed by atoms with Crippen LogP contribution >= 0.6 is 11.8 Å². The Morgan fingerprint density at radius 1 is 1.32 bits per heavy atom. The molecule has 0 aromatic heterocycles. The van der Waals surface area contributed by atoms with Gasteiger partial charge in [-0.25, -0.2) is 0 Å². The highest BCUT2D eigenvalue weighted by atomic mass is 32.2. The average molecular weight is 281 g/mol. The molecule has 1 unspecified atom stereocenters. The lowest BCUT2D eigenvalue weighted by Crippen LogP contribution is -2.36. The SMILES string of the molecule is CCC(CC(=O)O)NC(=O)c1ccc(CSC)cc1. The van der Waals surface area contributed by atoms with E-state index in [0.717, 1.165) is 5.75 Å². The third-order valence-corrected chi connectivity index (χ3v) is 3.40. The minimum absolute atomic E-state index is 0.0488. The molecule has 1 aromatic rings. The summed E-state index contributed by atoms with van der Waals surface area (Å²) in [5, 5.41) is 11.5. The summed E-state index contributed by atoms with van der Waals surface area (Å²) in [6.07, 6.45) is 2.58. The molecule has 1 rings (SSSR count). The van der Waals surface area contributed by atoms with Gasteiger partial charge in [0.25, 0.3) is 5.91 Å². The number of hydrogen-bond donors (Lipinski definition) is 2. The van der Waals surface area contributed by atoms with Crippen LogP contribution in [0.4, 0.5) is 0 Å². The van der Waals surface area contributed by atoms with E-state index in [0.29, 0.717) is 12.0 Å². The van der Waals surface area contributed by atoms with Gasteiger partial charge in [0.05, 0.1) is 6.42 Å². The Hall–Kier alpha value is -1.49. The van der Waals surface area contributed by atoms with E-state index in [1.54, 1.807) is 23.9 Å². The van der Waals surface area contributed by atoms with E-state index in [4.69, 9.17) is 5.11 Å². The van der Waals surface area contributed by atoms with Gasteiger partial charge in [0.2, 0.25) is 0 Å². The van der Waals surface area contributed by atoms with Crippen LogP contribution in [-0.4, -0.2) is 29.3 Å². The Bertz CT molecular complexity index is 431. The van der Waals surface area contributed by atoms with E-state index in [-0.39, 0.29) is 18.4 Å². The second kappa shape index (κ2) is 7.84. The number of thioether (sulfide) groups is 1. The smallest absolute Gasteiger partial charge is 0.305 e. The molecule has 0 radical (unpaired) electrons. The second-order valence-electron chi connectivity index (χ2n) is 4.31. The quantitative estimate of drug-likeness (QED) is 0.806. The van der Waals surface area contributed by atoms with Crippen molar-refractivity contribution < 1.29 is 14.7 Å². The first-order valence-electron chi connectivity index (χ1n) is 6.17. The number of hydrogen-bond acceptors (Lipinski definition) is 3. The molecular weight excluding hydrogens is 262 g/mol. The molecule has 1 aromatic carbocycles. The van der Waals surface area contributed by atoms with Crippen LogP contribution in [0.5, 0.6) is 0 Å². The van der Waals surface area contributed by atoms with Gasteiger partial charge in [0.1, 0.15) is 0 Å².